The quantitative estimate of drug-likeness (QED) is 0.402. The van der Waals surface area contributed by atoms with Gasteiger partial charge in [0.25, 0.3) is 0 Å². The second-order valence-corrected chi connectivity index (χ2v) is 16.9. The molecular weight excluding hydrogens is 524 g/mol. The Bertz CT molecular complexity index is 669. The summed E-state index contributed by atoms with van der Waals surface area (Å²) in [5, 5.41) is 0. The zero-order valence-corrected chi connectivity index (χ0v) is 18.3. The summed E-state index contributed by atoms with van der Waals surface area (Å²) in [6.07, 6.45) is 0. The van der Waals surface area contributed by atoms with Crippen molar-refractivity contribution in [2.75, 3.05) is 13.3 Å². The zero-order valence-electron chi connectivity index (χ0n) is 13.9. The maximum atomic E-state index is 9.77. The van der Waals surface area contributed by atoms with Crippen LogP contribution in [0.25, 0.3) is 0 Å². The minimum absolute atomic E-state index is 0. The molecule has 0 aliphatic rings. The van der Waals surface area contributed by atoms with Gasteiger partial charge in [0.2, 0.25) is 0 Å². The summed E-state index contributed by atoms with van der Waals surface area (Å²) in [4.78, 5) is 8.08. The van der Waals surface area contributed by atoms with Gasteiger partial charge < -0.3 is 4.89 Å². The van der Waals surface area contributed by atoms with Gasteiger partial charge in [-0.25, -0.2) is 0 Å². The average molecular weight is 550 g/mol. The van der Waals surface area contributed by atoms with Crippen molar-refractivity contribution in [3.63, 3.8) is 0 Å². The van der Waals surface area contributed by atoms with Crippen LogP contribution in [-0.2, 0) is 4.57 Å². The molecule has 0 radical (unpaired) electrons. The molecule has 0 aliphatic heterocycles. The normalized spacial score (nSPS) is 10.4. The van der Waals surface area contributed by atoms with Gasteiger partial charge in [-0.15, -0.1) is 0 Å². The molecule has 0 atom stereocenters. The van der Waals surface area contributed by atoms with Gasteiger partial charge in [-0.05, 0) is 0 Å². The summed E-state index contributed by atoms with van der Waals surface area (Å²) in [6, 6.07) is 33.0. The van der Waals surface area contributed by atoms with Crippen LogP contribution >= 0.6 is 7.37 Å². The third-order valence-corrected chi connectivity index (χ3v) is 12.5. The summed E-state index contributed by atoms with van der Waals surface area (Å²) in [5.41, 5.74) is 0. The first kappa shape index (κ1) is 21.8. The van der Waals surface area contributed by atoms with E-state index >= 15 is 0 Å². The van der Waals surface area contributed by atoms with Crippen LogP contribution in [0.5, 0.6) is 0 Å². The standard InChI is InChI=1S/3C6H5.C2H7O2P.CH4.Bi/c3*1-2-4-6-5-3-1;1-5(2,3)4;;/h3*1-5H;1-2H3,(H,3,4);1H4;. The van der Waals surface area contributed by atoms with Gasteiger partial charge in [0.1, 0.15) is 0 Å². The molecule has 2 nitrogen and oxygen atoms in total. The average Bonchev–Trinajstić information content (AvgIpc) is 2.57. The van der Waals surface area contributed by atoms with Crippen molar-refractivity contribution in [1.82, 2.24) is 0 Å². The van der Waals surface area contributed by atoms with Crippen molar-refractivity contribution in [2.45, 2.75) is 7.43 Å². The minimum atomic E-state index is -2.64. The molecule has 0 aromatic heterocycles. The summed E-state index contributed by atoms with van der Waals surface area (Å²) in [7, 11) is -2.64. The van der Waals surface area contributed by atoms with Crippen LogP contribution in [0.1, 0.15) is 7.43 Å². The first-order chi connectivity index (χ1) is 11.4. The zero-order chi connectivity index (χ0) is 17.4. The molecule has 0 spiro atoms. The maximum absolute atomic E-state index is 9.77. The first-order valence-electron chi connectivity index (χ1n) is 7.68. The van der Waals surface area contributed by atoms with Crippen molar-refractivity contribution in [3.05, 3.63) is 91.0 Å². The molecule has 0 heterocycles. The SMILES string of the molecule is C.CP(C)(=O)O.c1cc[c]([Bi]([c]2ccccc2)[c]2ccccc2)cc1. The van der Waals surface area contributed by atoms with Crippen LogP contribution in [0.4, 0.5) is 0 Å². The van der Waals surface area contributed by atoms with E-state index in [9.17, 15) is 4.57 Å². The van der Waals surface area contributed by atoms with Crippen LogP contribution in [0, 0.1) is 0 Å². The number of rotatable bonds is 3. The molecule has 3 aromatic rings. The Labute approximate surface area is 159 Å². The van der Waals surface area contributed by atoms with Crippen molar-refractivity contribution in [3.8, 4) is 0 Å². The second kappa shape index (κ2) is 10.7. The van der Waals surface area contributed by atoms with Gasteiger partial charge in [-0.2, -0.15) is 0 Å². The van der Waals surface area contributed by atoms with Crippen LogP contribution in [-0.4, -0.2) is 40.0 Å². The van der Waals surface area contributed by atoms with Gasteiger partial charge in [-0.3, -0.25) is 4.57 Å². The Kier molecular flexibility index (Phi) is 9.29. The molecule has 1 N–H and O–H groups in total. The number of hydrogen-bond donors (Lipinski definition) is 1. The molecule has 4 heteroatoms. The first-order valence-corrected chi connectivity index (χ1v) is 15.4. The Morgan fingerprint density at radius 2 is 0.840 bits per heavy atom. The number of hydrogen-bond acceptors (Lipinski definition) is 1. The van der Waals surface area contributed by atoms with Crippen LogP contribution in [0.15, 0.2) is 91.0 Å². The monoisotopic (exact) mass is 550 g/mol. The van der Waals surface area contributed by atoms with E-state index in [1.807, 2.05) is 0 Å². The van der Waals surface area contributed by atoms with E-state index in [0.29, 0.717) is 0 Å². The van der Waals surface area contributed by atoms with E-state index < -0.39 is 29.1 Å². The molecule has 0 saturated heterocycles. The van der Waals surface area contributed by atoms with E-state index in [1.165, 1.54) is 23.1 Å². The van der Waals surface area contributed by atoms with Crippen molar-refractivity contribution in [2.24, 2.45) is 0 Å². The topological polar surface area (TPSA) is 37.3 Å². The Morgan fingerprint density at radius 1 is 0.640 bits per heavy atom. The Morgan fingerprint density at radius 3 is 1.04 bits per heavy atom. The molecule has 132 valence electrons. The van der Waals surface area contributed by atoms with Crippen molar-refractivity contribution in [1.29, 1.82) is 0 Å². The second-order valence-electron chi connectivity index (χ2n) is 5.64. The Balaban J connectivity index is 0.000000462. The van der Waals surface area contributed by atoms with Crippen molar-refractivity contribution >= 4 is 38.9 Å². The molecule has 0 unspecified atom stereocenters. The van der Waals surface area contributed by atoms with Gasteiger partial charge in [0, 0.05) is 13.3 Å². The summed E-state index contributed by atoms with van der Waals surface area (Å²) < 4.78 is 14.4. The fourth-order valence-electron chi connectivity index (χ4n) is 2.18. The van der Waals surface area contributed by atoms with E-state index in [-0.39, 0.29) is 7.43 Å². The van der Waals surface area contributed by atoms with Crippen LogP contribution < -0.4 is 9.81 Å². The van der Waals surface area contributed by atoms with Crippen LogP contribution in [0.2, 0.25) is 0 Å². The molecule has 0 fully saturated rings. The molecule has 0 saturated carbocycles. The Hall–Kier alpha value is -1.27. The third-order valence-electron chi connectivity index (χ3n) is 3.04. The molecule has 3 rings (SSSR count). The number of benzene rings is 3. The van der Waals surface area contributed by atoms with Gasteiger partial charge in [-0.1, -0.05) is 7.43 Å². The fourth-order valence-corrected chi connectivity index (χ4v) is 11.1. The molecule has 0 amide bonds. The van der Waals surface area contributed by atoms with E-state index in [1.54, 1.807) is 0 Å². The summed E-state index contributed by atoms with van der Waals surface area (Å²) >= 11 is -2.06. The van der Waals surface area contributed by atoms with E-state index in [2.05, 4.69) is 91.0 Å². The molecule has 3 aromatic carbocycles. The summed E-state index contributed by atoms with van der Waals surface area (Å²) in [6.45, 7) is 2.60. The molecule has 25 heavy (non-hydrogen) atoms. The van der Waals surface area contributed by atoms with Gasteiger partial charge in [0.05, 0.1) is 0 Å². The fraction of sp³-hybridized carbons (Fsp3) is 0.143. The van der Waals surface area contributed by atoms with Crippen LogP contribution in [0.3, 0.4) is 0 Å². The predicted molar refractivity (Wildman–Crippen MR) is 112 cm³/mol. The van der Waals surface area contributed by atoms with E-state index in [4.69, 9.17) is 4.89 Å². The van der Waals surface area contributed by atoms with Crippen molar-refractivity contribution < 1.29 is 9.46 Å². The molecular formula is C21H26BiO2P. The van der Waals surface area contributed by atoms with Gasteiger partial charge >= 0.3 is 123 Å². The third kappa shape index (κ3) is 8.10. The predicted octanol–water partition coefficient (Wildman–Crippen LogP) is 3.36. The molecule has 0 aliphatic carbocycles. The van der Waals surface area contributed by atoms with Gasteiger partial charge in [0.15, 0.2) is 7.37 Å². The van der Waals surface area contributed by atoms with E-state index in [0.717, 1.165) is 0 Å². The summed E-state index contributed by atoms with van der Waals surface area (Å²) in [5.74, 6) is 0. The molecule has 0 bridgehead atoms.